The van der Waals surface area contributed by atoms with Crippen molar-refractivity contribution < 1.29 is 0 Å². The van der Waals surface area contributed by atoms with Crippen molar-refractivity contribution in [2.75, 3.05) is 0 Å². The second-order valence-electron chi connectivity index (χ2n) is 4.14. The summed E-state index contributed by atoms with van der Waals surface area (Å²) in [7, 11) is 0. The lowest BCUT2D eigenvalue weighted by Crippen LogP contribution is -2.08. The molecule has 0 saturated heterocycles. The number of aromatic nitrogens is 2. The van der Waals surface area contributed by atoms with Crippen molar-refractivity contribution in [2.45, 2.75) is 52.5 Å². The van der Waals surface area contributed by atoms with E-state index in [1.165, 1.54) is 42.9 Å². The summed E-state index contributed by atoms with van der Waals surface area (Å²) in [5, 5.41) is 0. The second-order valence-corrected chi connectivity index (χ2v) is 4.14. The Kier molecular flexibility index (Phi) is 2.14. The molecule has 0 spiro atoms. The fourth-order valence-corrected chi connectivity index (χ4v) is 2.50. The van der Waals surface area contributed by atoms with Gasteiger partial charge >= 0.3 is 0 Å². The van der Waals surface area contributed by atoms with Gasteiger partial charge in [-0.2, -0.15) is 0 Å². The van der Waals surface area contributed by atoms with Crippen molar-refractivity contribution in [3.8, 4) is 0 Å². The van der Waals surface area contributed by atoms with Crippen LogP contribution in [0.3, 0.4) is 0 Å². The van der Waals surface area contributed by atoms with Crippen LogP contribution in [-0.2, 0) is 0 Å². The maximum Gasteiger partial charge on any atom is 0.106 e. The van der Waals surface area contributed by atoms with Crippen LogP contribution in [0.25, 0.3) is 0 Å². The van der Waals surface area contributed by atoms with Crippen molar-refractivity contribution in [3.63, 3.8) is 0 Å². The van der Waals surface area contributed by atoms with E-state index >= 15 is 0 Å². The van der Waals surface area contributed by atoms with Crippen LogP contribution in [0.5, 0.6) is 0 Å². The molecule has 0 atom stereocenters. The second kappa shape index (κ2) is 3.17. The Balaban J connectivity index is 2.37. The zero-order valence-electron chi connectivity index (χ0n) is 8.80. The standard InChI is InChI=1S/C11H18N2/c1-8-9(2)13(10(3)12-8)11-6-4-5-7-11/h11H,4-7H2,1-3H3. The van der Waals surface area contributed by atoms with Crippen LogP contribution in [0.4, 0.5) is 0 Å². The molecule has 13 heavy (non-hydrogen) atoms. The molecule has 1 heterocycles. The van der Waals surface area contributed by atoms with E-state index in [1.54, 1.807) is 0 Å². The molecule has 1 aromatic heterocycles. The molecular formula is C11H18N2. The lowest BCUT2D eigenvalue weighted by atomic mass is 10.2. The Hall–Kier alpha value is -0.790. The van der Waals surface area contributed by atoms with Crippen LogP contribution in [-0.4, -0.2) is 9.55 Å². The van der Waals surface area contributed by atoms with Gasteiger partial charge in [0.15, 0.2) is 0 Å². The Bertz CT molecular complexity index is 306. The monoisotopic (exact) mass is 178 g/mol. The first-order valence-corrected chi connectivity index (χ1v) is 5.22. The zero-order chi connectivity index (χ0) is 9.42. The molecule has 72 valence electrons. The molecular weight excluding hydrogens is 160 g/mol. The predicted molar refractivity (Wildman–Crippen MR) is 53.9 cm³/mol. The van der Waals surface area contributed by atoms with E-state index in [2.05, 4.69) is 30.3 Å². The molecule has 2 heteroatoms. The fraction of sp³-hybridized carbons (Fsp3) is 0.727. The minimum atomic E-state index is 0.737. The summed E-state index contributed by atoms with van der Waals surface area (Å²) >= 11 is 0. The molecule has 0 bridgehead atoms. The Labute approximate surface area is 80.0 Å². The summed E-state index contributed by atoms with van der Waals surface area (Å²) in [4.78, 5) is 4.52. The number of rotatable bonds is 1. The van der Waals surface area contributed by atoms with Gasteiger partial charge in [-0.25, -0.2) is 4.98 Å². The highest BCUT2D eigenvalue weighted by molar-refractivity contribution is 5.15. The van der Waals surface area contributed by atoms with Gasteiger partial charge in [-0.1, -0.05) is 12.8 Å². The van der Waals surface area contributed by atoms with Crippen LogP contribution in [0.1, 0.15) is 48.9 Å². The number of imidazole rings is 1. The van der Waals surface area contributed by atoms with E-state index in [0.717, 1.165) is 6.04 Å². The molecule has 1 aliphatic carbocycles. The van der Waals surface area contributed by atoms with Crippen molar-refractivity contribution in [3.05, 3.63) is 17.2 Å². The zero-order valence-corrected chi connectivity index (χ0v) is 8.80. The third-order valence-corrected chi connectivity index (χ3v) is 3.25. The van der Waals surface area contributed by atoms with E-state index in [1.807, 2.05) is 0 Å². The van der Waals surface area contributed by atoms with Crippen LogP contribution in [0, 0.1) is 20.8 Å². The van der Waals surface area contributed by atoms with Gasteiger partial charge in [-0.05, 0) is 33.6 Å². The smallest absolute Gasteiger partial charge is 0.106 e. The normalized spacial score (nSPS) is 18.4. The molecule has 2 rings (SSSR count). The van der Waals surface area contributed by atoms with Crippen molar-refractivity contribution in [2.24, 2.45) is 0 Å². The molecule has 1 aromatic rings. The van der Waals surface area contributed by atoms with Gasteiger partial charge in [-0.15, -0.1) is 0 Å². The molecule has 1 saturated carbocycles. The molecule has 0 aromatic carbocycles. The van der Waals surface area contributed by atoms with Gasteiger partial charge in [0.05, 0.1) is 5.69 Å². The van der Waals surface area contributed by atoms with Crippen LogP contribution in [0.15, 0.2) is 0 Å². The fourth-order valence-electron chi connectivity index (χ4n) is 2.50. The van der Waals surface area contributed by atoms with Gasteiger partial charge in [0.1, 0.15) is 5.82 Å². The Morgan fingerprint density at radius 2 is 1.77 bits per heavy atom. The third kappa shape index (κ3) is 1.38. The van der Waals surface area contributed by atoms with E-state index < -0.39 is 0 Å². The first-order valence-electron chi connectivity index (χ1n) is 5.22. The van der Waals surface area contributed by atoms with Gasteiger partial charge < -0.3 is 4.57 Å². The van der Waals surface area contributed by atoms with E-state index in [4.69, 9.17) is 0 Å². The van der Waals surface area contributed by atoms with Crippen LogP contribution >= 0.6 is 0 Å². The van der Waals surface area contributed by atoms with E-state index in [-0.39, 0.29) is 0 Å². The maximum absolute atomic E-state index is 4.52. The molecule has 0 N–H and O–H groups in total. The average Bonchev–Trinajstić information content (AvgIpc) is 2.63. The van der Waals surface area contributed by atoms with E-state index in [9.17, 15) is 0 Å². The quantitative estimate of drug-likeness (QED) is 0.646. The highest BCUT2D eigenvalue weighted by atomic mass is 15.1. The summed E-state index contributed by atoms with van der Waals surface area (Å²) in [6.45, 7) is 6.42. The first kappa shape index (κ1) is 8.79. The SMILES string of the molecule is Cc1nc(C)n(C2CCCC2)c1C. The van der Waals surface area contributed by atoms with Crippen molar-refractivity contribution >= 4 is 0 Å². The number of hydrogen-bond acceptors (Lipinski definition) is 1. The first-order chi connectivity index (χ1) is 6.20. The number of aryl methyl sites for hydroxylation is 2. The molecule has 0 aliphatic heterocycles. The summed E-state index contributed by atoms with van der Waals surface area (Å²) in [5.41, 5.74) is 2.56. The third-order valence-electron chi connectivity index (χ3n) is 3.25. The minimum Gasteiger partial charge on any atom is -0.329 e. The number of hydrogen-bond donors (Lipinski definition) is 0. The minimum absolute atomic E-state index is 0.737. The number of nitrogens with zero attached hydrogens (tertiary/aromatic N) is 2. The summed E-state index contributed by atoms with van der Waals surface area (Å²) in [5.74, 6) is 1.20. The van der Waals surface area contributed by atoms with Gasteiger partial charge in [0, 0.05) is 11.7 Å². The molecule has 1 aliphatic rings. The molecule has 2 nitrogen and oxygen atoms in total. The summed E-state index contributed by atoms with van der Waals surface area (Å²) in [6.07, 6.45) is 5.47. The molecule has 0 unspecified atom stereocenters. The van der Waals surface area contributed by atoms with Crippen molar-refractivity contribution in [1.82, 2.24) is 9.55 Å². The average molecular weight is 178 g/mol. The van der Waals surface area contributed by atoms with Crippen LogP contribution in [0.2, 0.25) is 0 Å². The van der Waals surface area contributed by atoms with Gasteiger partial charge in [-0.3, -0.25) is 0 Å². The lowest BCUT2D eigenvalue weighted by Gasteiger charge is -2.15. The highest BCUT2D eigenvalue weighted by Gasteiger charge is 2.20. The lowest BCUT2D eigenvalue weighted by molar-refractivity contribution is 0.496. The van der Waals surface area contributed by atoms with Gasteiger partial charge in [0.2, 0.25) is 0 Å². The Morgan fingerprint density at radius 1 is 1.15 bits per heavy atom. The largest absolute Gasteiger partial charge is 0.329 e. The van der Waals surface area contributed by atoms with Crippen molar-refractivity contribution in [1.29, 1.82) is 0 Å². The van der Waals surface area contributed by atoms with Crippen LogP contribution < -0.4 is 0 Å². The Morgan fingerprint density at radius 3 is 2.23 bits per heavy atom. The van der Waals surface area contributed by atoms with E-state index in [0.29, 0.717) is 0 Å². The molecule has 0 amide bonds. The molecule has 0 radical (unpaired) electrons. The van der Waals surface area contributed by atoms with Gasteiger partial charge in [0.25, 0.3) is 0 Å². The summed E-state index contributed by atoms with van der Waals surface area (Å²) in [6, 6.07) is 0.737. The highest BCUT2D eigenvalue weighted by Crippen LogP contribution is 2.32. The topological polar surface area (TPSA) is 17.8 Å². The maximum atomic E-state index is 4.52. The predicted octanol–water partition coefficient (Wildman–Crippen LogP) is 2.92. The molecule has 1 fully saturated rings. The summed E-state index contributed by atoms with van der Waals surface area (Å²) < 4.78 is 2.43.